The minimum Gasteiger partial charge on any atom is -0.473 e. The van der Waals surface area contributed by atoms with Gasteiger partial charge in [-0.25, -0.2) is 10.5 Å². The number of nitrogens with one attached hydrogen (secondary N) is 2. The zero-order valence-corrected chi connectivity index (χ0v) is 17.1. The zero-order valence-electron chi connectivity index (χ0n) is 17.1. The molecule has 162 valence electrons. The number of amides is 2. The maximum absolute atomic E-state index is 13.2. The summed E-state index contributed by atoms with van der Waals surface area (Å²) >= 11 is 0. The van der Waals surface area contributed by atoms with Crippen LogP contribution in [0.25, 0.3) is 5.57 Å². The lowest BCUT2D eigenvalue weighted by atomic mass is 9.87. The van der Waals surface area contributed by atoms with Gasteiger partial charge in [-0.15, -0.1) is 0 Å². The smallest absolute Gasteiger partial charge is 0.248 e. The summed E-state index contributed by atoms with van der Waals surface area (Å²) in [5, 5.41) is 12.4. The summed E-state index contributed by atoms with van der Waals surface area (Å²) in [7, 11) is 0. The molecule has 2 amide bonds. The van der Waals surface area contributed by atoms with Gasteiger partial charge in [-0.05, 0) is 30.0 Å². The molecule has 8 heteroatoms. The van der Waals surface area contributed by atoms with Crippen LogP contribution in [0.15, 0.2) is 60.8 Å². The van der Waals surface area contributed by atoms with Crippen molar-refractivity contribution in [3.8, 4) is 5.88 Å². The summed E-state index contributed by atoms with van der Waals surface area (Å²) in [6, 6.07) is 14.7. The molecule has 0 radical (unpaired) electrons. The summed E-state index contributed by atoms with van der Waals surface area (Å²) in [6.45, 7) is 1.47. The maximum Gasteiger partial charge on any atom is 0.248 e. The van der Waals surface area contributed by atoms with Gasteiger partial charge in [0.1, 0.15) is 6.10 Å². The molecule has 3 heterocycles. The Morgan fingerprint density at radius 2 is 1.97 bits per heavy atom. The van der Waals surface area contributed by atoms with Gasteiger partial charge in [0.25, 0.3) is 0 Å². The SMILES string of the molecule is O=C(NO)C1CC(Oc2ccccn2)CNC1C(=O)N1CC=C(c2ccccc2)CC1. The van der Waals surface area contributed by atoms with Crippen molar-refractivity contribution in [2.45, 2.75) is 25.0 Å². The third kappa shape index (κ3) is 4.92. The standard InChI is InChI=1S/C23H26N4O4/c28-22(26-30)19-14-18(31-20-8-4-5-11-24-20)15-25-21(19)23(29)27-12-9-17(10-13-27)16-6-2-1-3-7-16/h1-9,11,18-19,21,25,30H,10,12-15H2,(H,26,28). The summed E-state index contributed by atoms with van der Waals surface area (Å²) in [5.41, 5.74) is 4.08. The number of aromatic nitrogens is 1. The van der Waals surface area contributed by atoms with E-state index >= 15 is 0 Å². The lowest BCUT2D eigenvalue weighted by Crippen LogP contribution is -2.60. The number of ether oxygens (including phenoxy) is 1. The van der Waals surface area contributed by atoms with Crippen molar-refractivity contribution in [1.82, 2.24) is 20.7 Å². The van der Waals surface area contributed by atoms with Gasteiger partial charge in [0.05, 0.1) is 12.0 Å². The van der Waals surface area contributed by atoms with Crippen LogP contribution in [0.5, 0.6) is 5.88 Å². The molecule has 3 atom stereocenters. The van der Waals surface area contributed by atoms with Crippen molar-refractivity contribution < 1.29 is 19.5 Å². The number of pyridine rings is 1. The summed E-state index contributed by atoms with van der Waals surface area (Å²) in [4.78, 5) is 31.4. The van der Waals surface area contributed by atoms with Gasteiger partial charge < -0.3 is 15.0 Å². The molecular weight excluding hydrogens is 396 g/mol. The predicted molar refractivity (Wildman–Crippen MR) is 114 cm³/mol. The average molecular weight is 422 g/mol. The Hall–Kier alpha value is -3.23. The Kier molecular flexibility index (Phi) is 6.59. The van der Waals surface area contributed by atoms with Gasteiger partial charge in [-0.3, -0.25) is 14.8 Å². The van der Waals surface area contributed by atoms with Crippen LogP contribution >= 0.6 is 0 Å². The molecule has 4 rings (SSSR count). The average Bonchev–Trinajstić information content (AvgIpc) is 2.84. The second-order valence-corrected chi connectivity index (χ2v) is 7.74. The highest BCUT2D eigenvalue weighted by Crippen LogP contribution is 2.26. The highest BCUT2D eigenvalue weighted by Gasteiger charge is 2.41. The van der Waals surface area contributed by atoms with Crippen LogP contribution < -0.4 is 15.5 Å². The highest BCUT2D eigenvalue weighted by molar-refractivity contribution is 5.90. The van der Waals surface area contributed by atoms with Gasteiger partial charge in [0, 0.05) is 31.9 Å². The molecule has 3 N–H and O–H groups in total. The molecule has 31 heavy (non-hydrogen) atoms. The molecule has 3 unspecified atom stereocenters. The number of nitrogens with zero attached hydrogens (tertiary/aromatic N) is 2. The molecule has 8 nitrogen and oxygen atoms in total. The second kappa shape index (κ2) is 9.72. The fourth-order valence-electron chi connectivity index (χ4n) is 4.16. The maximum atomic E-state index is 13.2. The number of hydrogen-bond acceptors (Lipinski definition) is 6. The molecule has 0 spiro atoms. The number of rotatable bonds is 5. The van der Waals surface area contributed by atoms with Crippen LogP contribution in [0.3, 0.4) is 0 Å². The summed E-state index contributed by atoms with van der Waals surface area (Å²) < 4.78 is 5.85. The third-order valence-corrected chi connectivity index (χ3v) is 5.79. The first-order valence-electron chi connectivity index (χ1n) is 10.4. The molecule has 0 aliphatic carbocycles. The van der Waals surface area contributed by atoms with E-state index in [-0.39, 0.29) is 12.0 Å². The monoisotopic (exact) mass is 422 g/mol. The van der Waals surface area contributed by atoms with Crippen LogP contribution in [0.1, 0.15) is 18.4 Å². The van der Waals surface area contributed by atoms with Gasteiger partial charge in [-0.2, -0.15) is 0 Å². The molecule has 0 bridgehead atoms. The van der Waals surface area contributed by atoms with E-state index in [4.69, 9.17) is 4.74 Å². The summed E-state index contributed by atoms with van der Waals surface area (Å²) in [5.74, 6) is -1.04. The van der Waals surface area contributed by atoms with E-state index in [9.17, 15) is 14.8 Å². The Balaban J connectivity index is 1.42. The van der Waals surface area contributed by atoms with Crippen molar-refractivity contribution in [1.29, 1.82) is 0 Å². The van der Waals surface area contributed by atoms with Gasteiger partial charge in [0.2, 0.25) is 17.7 Å². The van der Waals surface area contributed by atoms with E-state index in [0.717, 1.165) is 12.0 Å². The van der Waals surface area contributed by atoms with E-state index in [1.807, 2.05) is 24.3 Å². The highest BCUT2D eigenvalue weighted by atomic mass is 16.5. The lowest BCUT2D eigenvalue weighted by molar-refractivity contribution is -0.145. The van der Waals surface area contributed by atoms with E-state index < -0.39 is 17.9 Å². The number of hydrogen-bond donors (Lipinski definition) is 3. The van der Waals surface area contributed by atoms with E-state index in [2.05, 4.69) is 28.5 Å². The Morgan fingerprint density at radius 3 is 2.65 bits per heavy atom. The first-order chi connectivity index (χ1) is 15.2. The van der Waals surface area contributed by atoms with Gasteiger partial charge >= 0.3 is 0 Å². The quantitative estimate of drug-likeness (QED) is 0.500. The molecule has 2 aliphatic rings. The van der Waals surface area contributed by atoms with Gasteiger partial charge in [0.15, 0.2) is 0 Å². The Labute approximate surface area is 180 Å². The zero-order chi connectivity index (χ0) is 21.6. The molecular formula is C23H26N4O4. The second-order valence-electron chi connectivity index (χ2n) is 7.74. The predicted octanol–water partition coefficient (Wildman–Crippen LogP) is 1.63. The fourth-order valence-corrected chi connectivity index (χ4v) is 4.16. The number of carbonyl (C=O) groups is 2. The molecule has 1 saturated heterocycles. The molecule has 0 saturated carbocycles. The fraction of sp³-hybridized carbons (Fsp3) is 0.348. The summed E-state index contributed by atoms with van der Waals surface area (Å²) in [6.07, 6.45) is 4.40. The number of hydroxylamine groups is 1. The van der Waals surface area contributed by atoms with Crippen LogP contribution in [0, 0.1) is 5.92 Å². The molecule has 1 fully saturated rings. The van der Waals surface area contributed by atoms with Crippen LogP contribution in [-0.2, 0) is 9.59 Å². The minimum absolute atomic E-state index is 0.145. The largest absolute Gasteiger partial charge is 0.473 e. The van der Waals surface area contributed by atoms with Crippen molar-refractivity contribution in [3.63, 3.8) is 0 Å². The normalized spacial score (nSPS) is 23.6. The molecule has 2 aliphatic heterocycles. The topological polar surface area (TPSA) is 104 Å². The van der Waals surface area contributed by atoms with Crippen molar-refractivity contribution in [2.24, 2.45) is 5.92 Å². The first-order valence-corrected chi connectivity index (χ1v) is 10.4. The lowest BCUT2D eigenvalue weighted by Gasteiger charge is -2.38. The number of carbonyl (C=O) groups excluding carboxylic acids is 2. The van der Waals surface area contributed by atoms with Crippen LogP contribution in [0.2, 0.25) is 0 Å². The van der Waals surface area contributed by atoms with Crippen molar-refractivity contribution in [3.05, 3.63) is 66.4 Å². The molecule has 1 aromatic carbocycles. The van der Waals surface area contributed by atoms with E-state index in [1.165, 1.54) is 5.57 Å². The van der Waals surface area contributed by atoms with Crippen LogP contribution in [0.4, 0.5) is 0 Å². The Morgan fingerprint density at radius 1 is 1.16 bits per heavy atom. The van der Waals surface area contributed by atoms with E-state index in [0.29, 0.717) is 31.9 Å². The first kappa shape index (κ1) is 21.0. The number of benzene rings is 1. The minimum atomic E-state index is -0.750. The van der Waals surface area contributed by atoms with Crippen molar-refractivity contribution >= 4 is 17.4 Å². The van der Waals surface area contributed by atoms with Crippen molar-refractivity contribution in [2.75, 3.05) is 19.6 Å². The Bertz CT molecular complexity index is 935. The molecule has 2 aromatic rings. The number of piperidine rings is 1. The van der Waals surface area contributed by atoms with E-state index in [1.54, 1.807) is 28.7 Å². The third-order valence-electron chi connectivity index (χ3n) is 5.79. The van der Waals surface area contributed by atoms with Gasteiger partial charge in [-0.1, -0.05) is 42.5 Å². The van der Waals surface area contributed by atoms with Crippen LogP contribution in [-0.4, -0.2) is 58.7 Å². The molecule has 1 aromatic heterocycles.